The molecule has 2 aliphatic heterocycles. The first-order valence-corrected chi connectivity index (χ1v) is 9.39. The van der Waals surface area contributed by atoms with Gasteiger partial charge in [0, 0.05) is 19.2 Å². The van der Waals surface area contributed by atoms with Crippen LogP contribution in [-0.2, 0) is 16.6 Å². The number of carbonyl (C=O) groups is 2. The SMILES string of the molecule is Cn1c(=NC(=O)[C@@H]2CS[C@]3(C)CCC(=O)N23)sc2ccccc21. The summed E-state index contributed by atoms with van der Waals surface area (Å²) in [6, 6.07) is 7.57. The highest BCUT2D eigenvalue weighted by Crippen LogP contribution is 2.47. The van der Waals surface area contributed by atoms with E-state index in [1.165, 1.54) is 11.3 Å². The summed E-state index contributed by atoms with van der Waals surface area (Å²) in [6.07, 6.45) is 1.35. The first-order valence-electron chi connectivity index (χ1n) is 7.59. The zero-order valence-corrected chi connectivity index (χ0v) is 14.6. The van der Waals surface area contributed by atoms with Crippen LogP contribution in [0.25, 0.3) is 10.2 Å². The molecule has 2 aliphatic rings. The molecule has 2 fully saturated rings. The number of amides is 2. The molecule has 0 N–H and O–H groups in total. The van der Waals surface area contributed by atoms with Crippen LogP contribution in [0.5, 0.6) is 0 Å². The van der Waals surface area contributed by atoms with Gasteiger partial charge in [-0.15, -0.1) is 11.8 Å². The van der Waals surface area contributed by atoms with Crippen LogP contribution in [-0.4, -0.2) is 37.9 Å². The molecule has 0 unspecified atom stereocenters. The Bertz CT molecular complexity index is 885. The molecular weight excluding hydrogens is 330 g/mol. The summed E-state index contributed by atoms with van der Waals surface area (Å²) < 4.78 is 3.04. The largest absolute Gasteiger partial charge is 0.319 e. The molecule has 2 saturated heterocycles. The quantitative estimate of drug-likeness (QED) is 0.794. The van der Waals surface area contributed by atoms with Crippen LogP contribution in [0.15, 0.2) is 29.3 Å². The molecule has 0 aliphatic carbocycles. The van der Waals surface area contributed by atoms with E-state index in [0.29, 0.717) is 17.0 Å². The van der Waals surface area contributed by atoms with Gasteiger partial charge in [-0.25, -0.2) is 0 Å². The van der Waals surface area contributed by atoms with E-state index in [1.54, 1.807) is 16.7 Å². The van der Waals surface area contributed by atoms with Gasteiger partial charge in [-0.05, 0) is 25.5 Å². The Kier molecular flexibility index (Phi) is 3.39. The second-order valence-electron chi connectivity index (χ2n) is 6.13. The number of hydrogen-bond donors (Lipinski definition) is 0. The lowest BCUT2D eigenvalue weighted by Gasteiger charge is -2.28. The van der Waals surface area contributed by atoms with Crippen molar-refractivity contribution in [3.05, 3.63) is 29.1 Å². The Labute approximate surface area is 142 Å². The minimum Gasteiger partial charge on any atom is -0.319 e. The van der Waals surface area contributed by atoms with Crippen molar-refractivity contribution in [2.45, 2.75) is 30.7 Å². The van der Waals surface area contributed by atoms with Gasteiger partial charge in [-0.2, -0.15) is 4.99 Å². The number of para-hydroxylation sites is 1. The standard InChI is InChI=1S/C16H17N3O2S2/c1-16-8-7-13(20)19(16)11(9-22-16)14(21)17-15-18(2)10-5-3-4-6-12(10)23-15/h3-6,11H,7-9H2,1-2H3/t11-,16+/m0/s1. The maximum atomic E-state index is 12.7. The first-order chi connectivity index (χ1) is 11.0. The Balaban J connectivity index is 1.72. The fourth-order valence-electron chi connectivity index (χ4n) is 3.36. The zero-order chi connectivity index (χ0) is 16.2. The van der Waals surface area contributed by atoms with E-state index in [-0.39, 0.29) is 16.7 Å². The predicted octanol–water partition coefficient (Wildman–Crippen LogP) is 2.12. The molecule has 1 aromatic heterocycles. The second kappa shape index (κ2) is 5.21. The van der Waals surface area contributed by atoms with Crippen LogP contribution in [0.3, 0.4) is 0 Å². The maximum Gasteiger partial charge on any atom is 0.272 e. The van der Waals surface area contributed by atoms with Crippen molar-refractivity contribution in [2.75, 3.05) is 5.75 Å². The molecule has 0 bridgehead atoms. The van der Waals surface area contributed by atoms with Crippen LogP contribution in [0, 0.1) is 0 Å². The van der Waals surface area contributed by atoms with Crippen molar-refractivity contribution in [2.24, 2.45) is 12.0 Å². The third-order valence-corrected chi connectivity index (χ3v) is 7.27. The van der Waals surface area contributed by atoms with Crippen LogP contribution in [0.1, 0.15) is 19.8 Å². The number of aromatic nitrogens is 1. The van der Waals surface area contributed by atoms with Gasteiger partial charge < -0.3 is 9.47 Å². The highest BCUT2D eigenvalue weighted by atomic mass is 32.2. The number of thiazole rings is 1. The van der Waals surface area contributed by atoms with Gasteiger partial charge in [0.25, 0.3) is 5.91 Å². The molecule has 0 radical (unpaired) electrons. The van der Waals surface area contributed by atoms with Crippen LogP contribution >= 0.6 is 23.1 Å². The minimum atomic E-state index is -0.426. The van der Waals surface area contributed by atoms with Gasteiger partial charge in [0.2, 0.25) is 5.91 Å². The Morgan fingerprint density at radius 1 is 1.39 bits per heavy atom. The average Bonchev–Trinajstić information content (AvgIpc) is 3.13. The summed E-state index contributed by atoms with van der Waals surface area (Å²) in [5.74, 6) is 0.504. The molecule has 2 aromatic rings. The van der Waals surface area contributed by atoms with E-state index in [0.717, 1.165) is 16.6 Å². The lowest BCUT2D eigenvalue weighted by molar-refractivity contribution is -0.136. The van der Waals surface area contributed by atoms with Crippen molar-refractivity contribution >= 4 is 45.1 Å². The van der Waals surface area contributed by atoms with Crippen LogP contribution < -0.4 is 4.80 Å². The molecule has 1 aromatic carbocycles. The summed E-state index contributed by atoms with van der Waals surface area (Å²) in [5.41, 5.74) is 1.06. The molecule has 7 heteroatoms. The lowest BCUT2D eigenvalue weighted by Crippen LogP contribution is -2.46. The summed E-state index contributed by atoms with van der Waals surface area (Å²) in [7, 11) is 1.92. The average molecular weight is 347 g/mol. The van der Waals surface area contributed by atoms with E-state index >= 15 is 0 Å². The number of carbonyl (C=O) groups excluding carboxylic acids is 2. The number of benzene rings is 1. The van der Waals surface area contributed by atoms with Crippen LogP contribution in [0.2, 0.25) is 0 Å². The van der Waals surface area contributed by atoms with E-state index in [9.17, 15) is 9.59 Å². The normalized spacial score (nSPS) is 27.9. The summed E-state index contributed by atoms with van der Waals surface area (Å²) >= 11 is 3.20. The van der Waals surface area contributed by atoms with Crippen molar-refractivity contribution < 1.29 is 9.59 Å². The number of rotatable bonds is 1. The van der Waals surface area contributed by atoms with Gasteiger partial charge >= 0.3 is 0 Å². The number of fused-ring (bicyclic) bond motifs is 2. The molecule has 0 spiro atoms. The first kappa shape index (κ1) is 15.0. The van der Waals surface area contributed by atoms with Gasteiger partial charge in [-0.1, -0.05) is 23.5 Å². The third kappa shape index (κ3) is 2.25. The van der Waals surface area contributed by atoms with Crippen molar-refractivity contribution in [1.29, 1.82) is 0 Å². The monoisotopic (exact) mass is 347 g/mol. The number of nitrogens with zero attached hydrogens (tertiary/aromatic N) is 3. The fourth-order valence-corrected chi connectivity index (χ4v) is 5.81. The number of hydrogen-bond acceptors (Lipinski definition) is 4. The Morgan fingerprint density at radius 2 is 2.17 bits per heavy atom. The van der Waals surface area contributed by atoms with Gasteiger partial charge in [0.1, 0.15) is 6.04 Å². The molecule has 3 heterocycles. The highest BCUT2D eigenvalue weighted by Gasteiger charge is 2.52. The maximum absolute atomic E-state index is 12.7. The molecule has 4 rings (SSSR count). The number of thioether (sulfide) groups is 1. The Morgan fingerprint density at radius 3 is 2.96 bits per heavy atom. The fraction of sp³-hybridized carbons (Fsp3) is 0.438. The highest BCUT2D eigenvalue weighted by molar-refractivity contribution is 8.01. The van der Waals surface area contributed by atoms with E-state index < -0.39 is 6.04 Å². The van der Waals surface area contributed by atoms with Crippen molar-refractivity contribution in [3.63, 3.8) is 0 Å². The third-order valence-electron chi connectivity index (χ3n) is 4.65. The summed E-state index contributed by atoms with van der Waals surface area (Å²) in [5, 5.41) is 0. The Hall–Kier alpha value is -1.60. The summed E-state index contributed by atoms with van der Waals surface area (Å²) in [4.78, 5) is 31.4. The molecule has 120 valence electrons. The van der Waals surface area contributed by atoms with E-state index in [1.807, 2.05) is 35.9 Å². The van der Waals surface area contributed by atoms with E-state index in [2.05, 4.69) is 11.9 Å². The second-order valence-corrected chi connectivity index (χ2v) is 8.64. The van der Waals surface area contributed by atoms with Gasteiger partial charge in [-0.3, -0.25) is 9.59 Å². The van der Waals surface area contributed by atoms with Gasteiger partial charge in [0.05, 0.1) is 15.1 Å². The summed E-state index contributed by atoms with van der Waals surface area (Å²) in [6.45, 7) is 2.05. The van der Waals surface area contributed by atoms with Crippen molar-refractivity contribution in [1.82, 2.24) is 9.47 Å². The van der Waals surface area contributed by atoms with Crippen LogP contribution in [0.4, 0.5) is 0 Å². The van der Waals surface area contributed by atoms with Crippen molar-refractivity contribution in [3.8, 4) is 0 Å². The minimum absolute atomic E-state index is 0.0757. The van der Waals surface area contributed by atoms with Gasteiger partial charge in [0.15, 0.2) is 4.80 Å². The molecule has 0 saturated carbocycles. The lowest BCUT2D eigenvalue weighted by atomic mass is 10.2. The molecule has 5 nitrogen and oxygen atoms in total. The zero-order valence-electron chi connectivity index (χ0n) is 13.0. The molecule has 2 amide bonds. The molecular formula is C16H17N3O2S2. The molecule has 2 atom stereocenters. The molecule has 23 heavy (non-hydrogen) atoms. The van der Waals surface area contributed by atoms with E-state index in [4.69, 9.17) is 0 Å². The number of aryl methyl sites for hydroxylation is 1. The predicted molar refractivity (Wildman–Crippen MR) is 92.1 cm³/mol. The topological polar surface area (TPSA) is 54.7 Å². The smallest absolute Gasteiger partial charge is 0.272 e.